The van der Waals surface area contributed by atoms with E-state index in [-0.39, 0.29) is 34.5 Å². The van der Waals surface area contributed by atoms with E-state index in [1.165, 1.54) is 103 Å². The maximum Gasteiger partial charge on any atom is 0.534 e. The second-order valence-electron chi connectivity index (χ2n) is 13.9. The highest BCUT2D eigenvalue weighted by molar-refractivity contribution is 7.89. The zero-order chi connectivity index (χ0) is 65.1. The predicted molar refractivity (Wildman–Crippen MR) is 256 cm³/mol. The van der Waals surface area contributed by atoms with Crippen LogP contribution in [0.15, 0.2) is 109 Å². The van der Waals surface area contributed by atoms with E-state index in [1.54, 1.807) is 0 Å². The number of ether oxygens (including phenoxy) is 7. The van der Waals surface area contributed by atoms with Gasteiger partial charge >= 0.3 is 78.1 Å². The Balaban J connectivity index is 0.000000526. The summed E-state index contributed by atoms with van der Waals surface area (Å²) in [6, 6.07) is 21.5. The van der Waals surface area contributed by atoms with Crippen LogP contribution in [0.4, 0.5) is 65.9 Å². The van der Waals surface area contributed by atoms with Crippen molar-refractivity contribution in [2.24, 2.45) is 0 Å². The van der Waals surface area contributed by atoms with Gasteiger partial charge in [-0.2, -0.15) is 108 Å². The summed E-state index contributed by atoms with van der Waals surface area (Å²) in [5.41, 5.74) is -27.3. The van der Waals surface area contributed by atoms with Gasteiger partial charge in [-0.3, -0.25) is 0 Å². The van der Waals surface area contributed by atoms with Crippen molar-refractivity contribution in [1.82, 2.24) is 0 Å². The van der Waals surface area contributed by atoms with Crippen LogP contribution < -0.4 is 54.1 Å². The summed E-state index contributed by atoms with van der Waals surface area (Å²) >= 11 is 0. The Labute approximate surface area is 466 Å². The summed E-state index contributed by atoms with van der Waals surface area (Å²) in [6.07, 6.45) is 0. The zero-order valence-corrected chi connectivity index (χ0v) is 46.7. The molecule has 0 saturated carbocycles. The summed E-state index contributed by atoms with van der Waals surface area (Å²) in [5, 5.41) is 0. The highest BCUT2D eigenvalue weighted by Crippen LogP contribution is 2.40. The molecule has 0 fully saturated rings. The number of alkyl halides is 15. The standard InChI is InChI=1S/2C9H9F3O5S.3C8H7F3O4S/c1-15-7-4-3-6(5-8(7)16-2)17-18(13,14)9(10,11)12;1-15-6-4-3-5-7(8(6)16-2)17-18(13,14)9(10,11)12;1-14-6-2-4-7(5-3-6)15-16(12,13)8(9,10)11;1-14-6-3-2-4-7(5-6)15-16(12,13)8(9,10)11;1-14-6-4-2-3-5-7(6)15-16(12,13)8(9,10)11/h2*3-5H,1-2H3;3*2-5H,1H3. The number of hydrogen-bond acceptors (Lipinski definition) is 22. The van der Waals surface area contributed by atoms with Gasteiger partial charge in [-0.15, -0.1) is 0 Å². The Morgan fingerprint density at radius 2 is 0.548 bits per heavy atom. The highest BCUT2D eigenvalue weighted by atomic mass is 32.2. The van der Waals surface area contributed by atoms with Crippen molar-refractivity contribution < 1.29 is 162 Å². The molecule has 0 heterocycles. The summed E-state index contributed by atoms with van der Waals surface area (Å²) in [4.78, 5) is 0. The average Bonchev–Trinajstić information content (AvgIpc) is 3.54. The second-order valence-corrected chi connectivity index (χ2v) is 21.6. The van der Waals surface area contributed by atoms with Gasteiger partial charge in [-0.1, -0.05) is 24.3 Å². The molecule has 42 heteroatoms. The molecule has 84 heavy (non-hydrogen) atoms. The number of benzene rings is 5. The average molecular weight is 1340 g/mol. The number of halogens is 15. The fraction of sp³-hybridized carbons (Fsp3) is 0.286. The number of para-hydroxylation sites is 3. The van der Waals surface area contributed by atoms with Crippen LogP contribution in [0.1, 0.15) is 0 Å². The number of hydrogen-bond donors (Lipinski definition) is 0. The van der Waals surface area contributed by atoms with Crippen molar-refractivity contribution in [2.45, 2.75) is 27.5 Å². The Kier molecular flexibility index (Phi) is 26.4. The lowest BCUT2D eigenvalue weighted by Gasteiger charge is -2.14. The maximum atomic E-state index is 12.2. The van der Waals surface area contributed by atoms with E-state index in [0.717, 1.165) is 55.6 Å². The topological polar surface area (TPSA) is 281 Å². The van der Waals surface area contributed by atoms with Gasteiger partial charge in [0.25, 0.3) is 0 Å². The molecule has 0 spiro atoms. The molecule has 0 atom stereocenters. The molecule has 0 aliphatic carbocycles. The third-order valence-corrected chi connectivity index (χ3v) is 13.2. The van der Waals surface area contributed by atoms with E-state index in [1.807, 2.05) is 0 Å². The van der Waals surface area contributed by atoms with Crippen molar-refractivity contribution in [1.29, 1.82) is 0 Å². The molecule has 5 rings (SSSR count). The molecule has 0 aliphatic rings. The first kappa shape index (κ1) is 74.4. The van der Waals surface area contributed by atoms with Gasteiger partial charge in [0.05, 0.1) is 49.8 Å². The van der Waals surface area contributed by atoms with Crippen LogP contribution in [0.25, 0.3) is 0 Å². The molecular weight excluding hydrogens is 1300 g/mol. The lowest BCUT2D eigenvalue weighted by atomic mass is 10.3. The van der Waals surface area contributed by atoms with Gasteiger partial charge < -0.3 is 54.1 Å². The van der Waals surface area contributed by atoms with Gasteiger partial charge in [0.1, 0.15) is 28.7 Å². The van der Waals surface area contributed by atoms with E-state index < -0.39 is 107 Å². The Hall–Kier alpha value is -7.60. The Morgan fingerprint density at radius 1 is 0.250 bits per heavy atom. The smallest absolute Gasteiger partial charge is 0.497 e. The van der Waals surface area contributed by atoms with Crippen molar-refractivity contribution in [3.8, 4) is 69.0 Å². The molecule has 0 bridgehead atoms. The molecule has 0 unspecified atom stereocenters. The third-order valence-electron chi connectivity index (χ3n) is 8.33. The van der Waals surface area contributed by atoms with E-state index >= 15 is 0 Å². The van der Waals surface area contributed by atoms with Crippen molar-refractivity contribution >= 4 is 50.6 Å². The molecule has 5 aromatic rings. The van der Waals surface area contributed by atoms with E-state index in [9.17, 15) is 108 Å². The second kappa shape index (κ2) is 29.8. The van der Waals surface area contributed by atoms with Gasteiger partial charge in [0.15, 0.2) is 34.5 Å². The van der Waals surface area contributed by atoms with Gasteiger partial charge in [-0.05, 0) is 72.8 Å². The fourth-order valence-electron chi connectivity index (χ4n) is 4.62. The summed E-state index contributed by atoms with van der Waals surface area (Å²) < 4.78 is 340. The molecule has 0 saturated heterocycles. The lowest BCUT2D eigenvalue weighted by Crippen LogP contribution is -2.28. The Morgan fingerprint density at radius 3 is 0.940 bits per heavy atom. The summed E-state index contributed by atoms with van der Waals surface area (Å²) in [5.74, 6) is -1.99. The van der Waals surface area contributed by atoms with Crippen molar-refractivity contribution in [3.63, 3.8) is 0 Å². The van der Waals surface area contributed by atoms with Crippen LogP contribution >= 0.6 is 0 Å². The minimum absolute atomic E-state index is 0.0485. The van der Waals surface area contributed by atoms with Crippen LogP contribution in [0, 0.1) is 0 Å². The highest BCUT2D eigenvalue weighted by Gasteiger charge is 2.52. The van der Waals surface area contributed by atoms with Gasteiger partial charge in [-0.25, -0.2) is 0 Å². The lowest BCUT2D eigenvalue weighted by molar-refractivity contribution is -0.0505. The molecule has 0 aromatic heterocycles. The first-order valence-electron chi connectivity index (χ1n) is 20.6. The van der Waals surface area contributed by atoms with Crippen LogP contribution in [0.5, 0.6) is 69.0 Å². The first-order chi connectivity index (χ1) is 38.2. The van der Waals surface area contributed by atoms with Crippen LogP contribution in [-0.2, 0) is 50.6 Å². The quantitative estimate of drug-likeness (QED) is 0.0475. The maximum absolute atomic E-state index is 12.2. The molecule has 0 amide bonds. The fourth-order valence-corrected chi connectivity index (χ4v) is 6.91. The van der Waals surface area contributed by atoms with E-state index in [0.29, 0.717) is 5.75 Å². The molecule has 474 valence electrons. The molecule has 22 nitrogen and oxygen atoms in total. The largest absolute Gasteiger partial charge is 0.534 e. The van der Waals surface area contributed by atoms with E-state index in [4.69, 9.17) is 28.4 Å². The van der Waals surface area contributed by atoms with Crippen LogP contribution in [0.3, 0.4) is 0 Å². The summed E-state index contributed by atoms with van der Waals surface area (Å²) in [6.45, 7) is 0. The molecular formula is C42H39F15O22S5. The minimum atomic E-state index is -5.74. The van der Waals surface area contributed by atoms with Crippen LogP contribution in [0.2, 0.25) is 0 Å². The SMILES string of the molecule is COc1ccc(OS(=O)(=O)C(F)(F)F)cc1.COc1ccc(OS(=O)(=O)C(F)(F)F)cc1OC.COc1cccc(OS(=O)(=O)C(F)(F)F)c1.COc1cccc(OS(=O)(=O)C(F)(F)F)c1OC.COc1ccccc1OS(=O)(=O)C(F)(F)F. The molecule has 0 aliphatic heterocycles. The van der Waals surface area contributed by atoms with Crippen LogP contribution in [-0.4, -0.2) is 119 Å². The minimum Gasteiger partial charge on any atom is -0.497 e. The van der Waals surface area contributed by atoms with Crippen molar-refractivity contribution in [3.05, 3.63) is 109 Å². The Bertz CT molecular complexity index is 3500. The summed E-state index contributed by atoms with van der Waals surface area (Å²) in [7, 11) is -19.5. The molecule has 5 aromatic carbocycles. The number of rotatable bonds is 17. The first-order valence-corrected chi connectivity index (χ1v) is 27.7. The van der Waals surface area contributed by atoms with E-state index in [2.05, 4.69) is 25.7 Å². The predicted octanol–water partition coefficient (Wildman–Crippen LogP) is 9.64. The van der Waals surface area contributed by atoms with Crippen molar-refractivity contribution in [2.75, 3.05) is 49.8 Å². The monoisotopic (exact) mass is 1340 g/mol. The number of methoxy groups -OCH3 is 7. The van der Waals surface area contributed by atoms with Gasteiger partial charge in [0.2, 0.25) is 5.75 Å². The zero-order valence-electron chi connectivity index (χ0n) is 42.6. The van der Waals surface area contributed by atoms with Gasteiger partial charge in [0, 0.05) is 12.1 Å². The molecule has 0 radical (unpaired) electrons. The normalized spacial score (nSPS) is 12.2. The third kappa shape index (κ3) is 22.2. The molecule has 0 N–H and O–H groups in total.